The number of aryl methyl sites for hydroxylation is 2. The number of hydrogen-bond acceptors (Lipinski definition) is 4. The first-order chi connectivity index (χ1) is 10.6. The molecule has 6 nitrogen and oxygen atoms in total. The van der Waals surface area contributed by atoms with E-state index >= 15 is 0 Å². The Kier molecular flexibility index (Phi) is 3.72. The van der Waals surface area contributed by atoms with Crippen LogP contribution in [0, 0.1) is 11.4 Å². The summed E-state index contributed by atoms with van der Waals surface area (Å²) in [4.78, 5) is 19.5. The van der Waals surface area contributed by atoms with Gasteiger partial charge in [-0.15, -0.1) is 0 Å². The van der Waals surface area contributed by atoms with Crippen molar-refractivity contribution in [2.24, 2.45) is 7.05 Å². The second kappa shape index (κ2) is 5.69. The molecular weight excluding hydrogens is 298 g/mol. The zero-order chi connectivity index (χ0) is 15.7. The lowest BCUT2D eigenvalue weighted by Crippen LogP contribution is -2.23. The van der Waals surface area contributed by atoms with Crippen molar-refractivity contribution in [3.8, 4) is 0 Å². The number of aromatic nitrogens is 4. The minimum Gasteiger partial charge on any atom is -0.348 e. The average Bonchev–Trinajstić information content (AvgIpc) is 2.81. The molecule has 3 aromatic heterocycles. The molecule has 0 aliphatic heterocycles. The van der Waals surface area contributed by atoms with Gasteiger partial charge in [-0.2, -0.15) is 5.10 Å². The highest BCUT2D eigenvalue weighted by Gasteiger charge is 2.14. The van der Waals surface area contributed by atoms with Crippen LogP contribution in [0.2, 0.25) is 0 Å². The van der Waals surface area contributed by atoms with E-state index in [1.165, 1.54) is 0 Å². The average molecular weight is 313 g/mol. The van der Waals surface area contributed by atoms with Crippen LogP contribution in [0.25, 0.3) is 11.0 Å². The van der Waals surface area contributed by atoms with E-state index in [-0.39, 0.29) is 5.91 Å². The first kappa shape index (κ1) is 14.4. The molecular formula is C15H15N5OS. The number of pyridine rings is 2. The van der Waals surface area contributed by atoms with Crippen LogP contribution in [0.4, 0.5) is 0 Å². The summed E-state index contributed by atoms with van der Waals surface area (Å²) < 4.78 is 2.24. The fourth-order valence-electron chi connectivity index (χ4n) is 2.39. The molecule has 22 heavy (non-hydrogen) atoms. The number of hydrogen-bond donors (Lipinski definition) is 2. The number of amides is 1. The minimum atomic E-state index is -0.213. The lowest BCUT2D eigenvalue weighted by atomic mass is 10.2. The van der Waals surface area contributed by atoms with E-state index in [1.807, 2.05) is 26.1 Å². The molecule has 3 rings (SSSR count). The lowest BCUT2D eigenvalue weighted by molar-refractivity contribution is 0.0950. The summed E-state index contributed by atoms with van der Waals surface area (Å²) in [5.41, 5.74) is 3.00. The number of H-pyrrole nitrogens is 1. The molecule has 0 aromatic carbocycles. The first-order valence-corrected chi connectivity index (χ1v) is 7.21. The van der Waals surface area contributed by atoms with E-state index in [9.17, 15) is 4.79 Å². The molecule has 3 aromatic rings. The Morgan fingerprint density at radius 1 is 1.50 bits per heavy atom. The first-order valence-electron chi connectivity index (χ1n) is 6.80. The normalized spacial score (nSPS) is 10.8. The van der Waals surface area contributed by atoms with Gasteiger partial charge in [0.25, 0.3) is 5.91 Å². The Morgan fingerprint density at radius 2 is 2.32 bits per heavy atom. The zero-order valence-corrected chi connectivity index (χ0v) is 13.1. The van der Waals surface area contributed by atoms with Crippen molar-refractivity contribution in [3.05, 3.63) is 52.1 Å². The molecule has 0 aliphatic carbocycles. The van der Waals surface area contributed by atoms with E-state index in [0.29, 0.717) is 16.6 Å². The molecule has 0 bridgehead atoms. The molecule has 0 radical (unpaired) electrons. The van der Waals surface area contributed by atoms with Crippen LogP contribution in [-0.2, 0) is 13.6 Å². The third-order valence-corrected chi connectivity index (χ3v) is 3.89. The molecule has 112 valence electrons. The smallest absolute Gasteiger partial charge is 0.254 e. The number of nitrogens with one attached hydrogen (secondary N) is 2. The maximum Gasteiger partial charge on any atom is 0.254 e. The van der Waals surface area contributed by atoms with Crippen molar-refractivity contribution in [2.75, 3.05) is 0 Å². The summed E-state index contributed by atoms with van der Waals surface area (Å²) >= 11 is 5.46. The van der Waals surface area contributed by atoms with Crippen molar-refractivity contribution in [2.45, 2.75) is 13.5 Å². The number of aromatic amines is 1. The molecule has 2 N–H and O–H groups in total. The molecule has 0 saturated heterocycles. The number of rotatable bonds is 3. The highest BCUT2D eigenvalue weighted by Crippen LogP contribution is 2.19. The summed E-state index contributed by atoms with van der Waals surface area (Å²) in [6, 6.07) is 3.74. The van der Waals surface area contributed by atoms with E-state index < -0.39 is 0 Å². The fourth-order valence-corrected chi connectivity index (χ4v) is 2.78. The third-order valence-electron chi connectivity index (χ3n) is 3.47. The topological polar surface area (TPSA) is 75.6 Å². The van der Waals surface area contributed by atoms with Crippen LogP contribution >= 0.6 is 12.2 Å². The molecule has 0 saturated carbocycles. The zero-order valence-electron chi connectivity index (χ0n) is 12.3. The van der Waals surface area contributed by atoms with Gasteiger partial charge < -0.3 is 10.3 Å². The lowest BCUT2D eigenvalue weighted by Gasteiger charge is -2.06. The number of carbonyl (C=O) groups is 1. The Hall–Kier alpha value is -2.54. The van der Waals surface area contributed by atoms with Crippen molar-refractivity contribution < 1.29 is 4.79 Å². The molecule has 0 aliphatic rings. The Morgan fingerprint density at radius 3 is 3.05 bits per heavy atom. The van der Waals surface area contributed by atoms with Gasteiger partial charge in [0.15, 0.2) is 0 Å². The molecule has 0 unspecified atom stereocenters. The third kappa shape index (κ3) is 2.50. The van der Waals surface area contributed by atoms with Gasteiger partial charge in [0.2, 0.25) is 0 Å². The van der Waals surface area contributed by atoms with Crippen LogP contribution in [-0.4, -0.2) is 25.7 Å². The van der Waals surface area contributed by atoms with Crippen LogP contribution in [0.1, 0.15) is 21.6 Å². The highest BCUT2D eigenvalue weighted by molar-refractivity contribution is 7.71. The van der Waals surface area contributed by atoms with Gasteiger partial charge >= 0.3 is 0 Å². The number of fused-ring (bicyclic) bond motifs is 1. The quantitative estimate of drug-likeness (QED) is 0.727. The summed E-state index contributed by atoms with van der Waals surface area (Å²) in [5.74, 6) is -0.213. The molecule has 1 amide bonds. The fraction of sp³-hybridized carbons (Fsp3) is 0.200. The highest BCUT2D eigenvalue weighted by atomic mass is 32.1. The molecule has 0 atom stereocenters. The maximum atomic E-state index is 12.4. The Labute approximate surface area is 132 Å². The van der Waals surface area contributed by atoms with Crippen molar-refractivity contribution in [1.82, 2.24) is 25.1 Å². The Bertz CT molecular complexity index is 897. The van der Waals surface area contributed by atoms with Gasteiger partial charge in [-0.1, -0.05) is 18.3 Å². The summed E-state index contributed by atoms with van der Waals surface area (Å²) in [6.45, 7) is 2.29. The van der Waals surface area contributed by atoms with Crippen molar-refractivity contribution >= 4 is 29.2 Å². The standard InChI is InChI=1S/C15H15N5OS/c1-9-12-13(22)11(8-17-14(12)20(2)19-9)15(21)18-7-10-4-3-5-16-6-10/h3-6,8H,7H2,1-2H3,(H,17,22)(H,18,21). The number of carbonyl (C=O) groups excluding carboxylic acids is 1. The van der Waals surface area contributed by atoms with Gasteiger partial charge in [0, 0.05) is 32.2 Å². The predicted molar refractivity (Wildman–Crippen MR) is 86.0 cm³/mol. The van der Waals surface area contributed by atoms with Crippen LogP contribution in [0.3, 0.4) is 0 Å². The van der Waals surface area contributed by atoms with Gasteiger partial charge in [0.05, 0.1) is 21.2 Å². The molecule has 0 fully saturated rings. The van der Waals surface area contributed by atoms with Crippen LogP contribution < -0.4 is 5.32 Å². The molecule has 0 spiro atoms. The van der Waals surface area contributed by atoms with E-state index in [4.69, 9.17) is 12.2 Å². The monoisotopic (exact) mass is 313 g/mol. The van der Waals surface area contributed by atoms with E-state index in [2.05, 4.69) is 20.4 Å². The maximum absolute atomic E-state index is 12.4. The van der Waals surface area contributed by atoms with Crippen LogP contribution in [0.5, 0.6) is 0 Å². The number of nitrogens with zero attached hydrogens (tertiary/aromatic N) is 3. The van der Waals surface area contributed by atoms with Gasteiger partial charge in [-0.05, 0) is 18.6 Å². The van der Waals surface area contributed by atoms with Crippen LogP contribution in [0.15, 0.2) is 30.7 Å². The second-order valence-electron chi connectivity index (χ2n) is 5.01. The van der Waals surface area contributed by atoms with Crippen molar-refractivity contribution in [1.29, 1.82) is 0 Å². The van der Waals surface area contributed by atoms with Crippen molar-refractivity contribution in [3.63, 3.8) is 0 Å². The Balaban J connectivity index is 1.90. The minimum absolute atomic E-state index is 0.213. The molecule has 3 heterocycles. The SMILES string of the molecule is Cc1nn(C)c2[nH]cc(C(=O)NCc3cccnc3)c(=S)c12. The second-order valence-corrected chi connectivity index (χ2v) is 5.42. The molecule has 7 heteroatoms. The van der Waals surface area contributed by atoms with Gasteiger partial charge in [-0.3, -0.25) is 14.5 Å². The summed E-state index contributed by atoms with van der Waals surface area (Å²) in [5, 5.41) is 7.99. The summed E-state index contributed by atoms with van der Waals surface area (Å²) in [7, 11) is 1.84. The van der Waals surface area contributed by atoms with Gasteiger partial charge in [0.1, 0.15) is 5.65 Å². The van der Waals surface area contributed by atoms with E-state index in [0.717, 1.165) is 22.3 Å². The predicted octanol–water partition coefficient (Wildman–Crippen LogP) is 2.26. The largest absolute Gasteiger partial charge is 0.348 e. The summed E-state index contributed by atoms with van der Waals surface area (Å²) in [6.07, 6.45) is 5.04. The van der Waals surface area contributed by atoms with E-state index in [1.54, 1.807) is 23.3 Å². The van der Waals surface area contributed by atoms with Gasteiger partial charge in [-0.25, -0.2) is 0 Å².